The lowest BCUT2D eigenvalue weighted by Crippen LogP contribution is -2.42. The van der Waals surface area contributed by atoms with E-state index in [0.717, 1.165) is 29.0 Å². The van der Waals surface area contributed by atoms with Crippen molar-refractivity contribution >= 4 is 46.4 Å². The molecule has 5 rings (SSSR count). The summed E-state index contributed by atoms with van der Waals surface area (Å²) < 4.78 is 44.8. The molecule has 0 unspecified atom stereocenters. The minimum Gasteiger partial charge on any atom is -0.450 e. The van der Waals surface area contributed by atoms with Crippen LogP contribution in [0.2, 0.25) is 0 Å². The van der Waals surface area contributed by atoms with E-state index in [1.165, 1.54) is 41.3 Å². The van der Waals surface area contributed by atoms with E-state index in [1.54, 1.807) is 25.2 Å². The largest absolute Gasteiger partial charge is 0.450 e. The summed E-state index contributed by atoms with van der Waals surface area (Å²) in [6.07, 6.45) is 2.85. The molecule has 1 aliphatic rings. The van der Waals surface area contributed by atoms with E-state index < -0.39 is 46.0 Å². The highest BCUT2D eigenvalue weighted by Crippen LogP contribution is 2.38. The second-order valence-electron chi connectivity index (χ2n) is 11.4. The van der Waals surface area contributed by atoms with Crippen LogP contribution in [0.4, 0.5) is 18.9 Å². The fourth-order valence-corrected chi connectivity index (χ4v) is 6.05. The number of nitrogens with zero attached hydrogens (tertiary/aromatic N) is 3. The lowest BCUT2D eigenvalue weighted by molar-refractivity contribution is -0.385. The Bertz CT molecular complexity index is 2150. The number of amidine groups is 1. The molecule has 0 radical (unpaired) electrons. The van der Waals surface area contributed by atoms with Gasteiger partial charge in [0.1, 0.15) is 11.3 Å². The van der Waals surface area contributed by atoms with Crippen LogP contribution in [0.1, 0.15) is 35.2 Å². The molecule has 0 saturated carbocycles. The van der Waals surface area contributed by atoms with Crippen molar-refractivity contribution in [1.82, 2.24) is 10.2 Å². The first-order valence-electron chi connectivity index (χ1n) is 16.2. The van der Waals surface area contributed by atoms with Gasteiger partial charge >= 0.3 is 11.9 Å². The topological polar surface area (TPSA) is 131 Å². The van der Waals surface area contributed by atoms with Gasteiger partial charge in [0.15, 0.2) is 5.17 Å². The predicted molar refractivity (Wildman–Crippen MR) is 200 cm³/mol. The summed E-state index contributed by atoms with van der Waals surface area (Å²) in [6.45, 7) is 5.36. The number of thioether (sulfide) groups is 1. The molecule has 0 spiro atoms. The number of hydrogen-bond donors (Lipinski definition) is 1. The zero-order valence-corrected chi connectivity index (χ0v) is 29.3. The van der Waals surface area contributed by atoms with Crippen molar-refractivity contribution in [3.8, 4) is 11.5 Å². The predicted octanol–water partition coefficient (Wildman–Crippen LogP) is 8.80. The van der Waals surface area contributed by atoms with Gasteiger partial charge in [0.25, 0.3) is 11.8 Å². The highest BCUT2D eigenvalue weighted by Gasteiger charge is 2.36. The van der Waals surface area contributed by atoms with Crippen molar-refractivity contribution in [2.75, 3.05) is 5.75 Å². The van der Waals surface area contributed by atoms with Crippen molar-refractivity contribution in [2.45, 2.75) is 19.1 Å². The first-order valence-corrected chi connectivity index (χ1v) is 17.2. The second-order valence-corrected chi connectivity index (χ2v) is 12.4. The van der Waals surface area contributed by atoms with Gasteiger partial charge in [-0.3, -0.25) is 29.4 Å². The van der Waals surface area contributed by atoms with Gasteiger partial charge in [-0.1, -0.05) is 109 Å². The fraction of sp³-hybridized carbons (Fsp3) is 0.100. The maximum absolute atomic E-state index is 14.0. The van der Waals surface area contributed by atoms with Crippen LogP contribution >= 0.6 is 11.8 Å². The minimum absolute atomic E-state index is 0.0167. The number of allylic oxidation sites excluding steroid dienone is 4. The van der Waals surface area contributed by atoms with E-state index in [4.69, 9.17) is 4.74 Å². The van der Waals surface area contributed by atoms with Gasteiger partial charge < -0.3 is 10.1 Å². The van der Waals surface area contributed by atoms with Crippen molar-refractivity contribution in [2.24, 2.45) is 4.99 Å². The molecule has 0 atom stereocenters. The van der Waals surface area contributed by atoms with Crippen LogP contribution in [0.25, 0.3) is 6.08 Å². The molecule has 0 aliphatic carbocycles. The third-order valence-electron chi connectivity index (χ3n) is 7.81. The maximum Gasteiger partial charge on any atom is 0.416 e. The van der Waals surface area contributed by atoms with Crippen molar-refractivity contribution < 1.29 is 37.2 Å². The van der Waals surface area contributed by atoms with Crippen LogP contribution in [0, 0.1) is 10.1 Å². The number of rotatable bonds is 12. The number of aliphatic imine (C=N–C) groups is 1. The van der Waals surface area contributed by atoms with Gasteiger partial charge in [0, 0.05) is 11.8 Å². The summed E-state index contributed by atoms with van der Waals surface area (Å²) in [5.74, 6) is -2.48. The Kier molecular flexibility index (Phi) is 12.4. The monoisotopic (exact) mass is 752 g/mol. The highest BCUT2D eigenvalue weighted by molar-refractivity contribution is 8.14. The first-order chi connectivity index (χ1) is 25.9. The van der Waals surface area contributed by atoms with Crippen LogP contribution in [0.3, 0.4) is 0 Å². The van der Waals surface area contributed by atoms with Gasteiger partial charge in [0.2, 0.25) is 11.7 Å². The number of hydrogen-bond acceptors (Lipinski definition) is 7. The number of ether oxygens (including phenoxy) is 1. The van der Waals surface area contributed by atoms with Gasteiger partial charge in [-0.25, -0.2) is 0 Å². The minimum atomic E-state index is -4.79. The van der Waals surface area contributed by atoms with Crippen LogP contribution in [0.5, 0.6) is 11.5 Å². The number of nitro groups is 1. The molecule has 10 nitrogen and oxygen atoms in total. The molecular formula is C40H31F3N4O6S. The molecule has 54 heavy (non-hydrogen) atoms. The summed E-state index contributed by atoms with van der Waals surface area (Å²) >= 11 is 0.915. The second kappa shape index (κ2) is 17.3. The maximum atomic E-state index is 14.0. The summed E-state index contributed by atoms with van der Waals surface area (Å²) in [7, 11) is 0. The van der Waals surface area contributed by atoms with E-state index >= 15 is 0 Å². The van der Waals surface area contributed by atoms with Crippen molar-refractivity contribution in [3.63, 3.8) is 0 Å². The van der Waals surface area contributed by atoms with E-state index in [0.29, 0.717) is 23.4 Å². The zero-order valence-electron chi connectivity index (χ0n) is 28.5. The Morgan fingerprint density at radius 2 is 1.63 bits per heavy atom. The van der Waals surface area contributed by atoms with Gasteiger partial charge in [-0.15, -0.1) is 0 Å². The number of carbonyl (C=O) groups excluding carboxylic acids is 3. The Morgan fingerprint density at radius 1 is 1.00 bits per heavy atom. The van der Waals surface area contributed by atoms with E-state index in [-0.39, 0.29) is 28.2 Å². The van der Waals surface area contributed by atoms with Crippen molar-refractivity contribution in [1.29, 1.82) is 0 Å². The zero-order chi connectivity index (χ0) is 38.8. The quantitative estimate of drug-likeness (QED) is 0.0503. The normalized spacial score (nSPS) is 14.4. The SMILES string of the molecule is C=C/C=C\C(=C/C)N1C(=O)/C(=C/c2ccc(Oc3ccc(C(F)(F)F)cc3[N+](=O)[O-])cc2)C(=O)N=C1SCC(=O)NC(c1ccccc1)c1ccccc1. The molecule has 4 aromatic carbocycles. The van der Waals surface area contributed by atoms with Crippen LogP contribution in [-0.2, 0) is 20.6 Å². The Hall–Kier alpha value is -6.54. The molecule has 4 aromatic rings. The first kappa shape index (κ1) is 38.7. The summed E-state index contributed by atoms with van der Waals surface area (Å²) in [5.41, 5.74) is 0.0655. The summed E-state index contributed by atoms with van der Waals surface area (Å²) in [6, 6.07) is 25.9. The lowest BCUT2D eigenvalue weighted by Gasteiger charge is -2.28. The molecule has 0 bridgehead atoms. The number of amides is 3. The number of nitrogens with one attached hydrogen (secondary N) is 1. The molecular weight excluding hydrogens is 722 g/mol. The number of halogens is 3. The summed E-state index contributed by atoms with van der Waals surface area (Å²) in [5, 5.41) is 14.5. The third-order valence-corrected chi connectivity index (χ3v) is 8.75. The lowest BCUT2D eigenvalue weighted by atomic mass is 9.99. The fourth-order valence-electron chi connectivity index (χ4n) is 5.24. The smallest absolute Gasteiger partial charge is 0.416 e. The molecule has 1 aliphatic heterocycles. The standard InChI is InChI=1S/C40H31F3N4O6S/c1-3-5-16-30(4-2)46-38(50)32(23-26-17-20-31(21-18-26)53-34-22-19-29(40(41,42)43)24-33(34)47(51)52)37(49)45-39(46)54-25-35(48)44-36(27-12-8-6-9-13-27)28-14-10-7-11-15-28/h3-24,36H,1,25H2,2H3,(H,44,48)/b16-5-,30-4+,32-23+. The molecule has 0 saturated heterocycles. The van der Waals surface area contributed by atoms with Crippen LogP contribution in [0.15, 0.2) is 150 Å². The highest BCUT2D eigenvalue weighted by atomic mass is 32.2. The Morgan fingerprint density at radius 3 is 2.19 bits per heavy atom. The number of alkyl halides is 3. The molecule has 1 heterocycles. The van der Waals surface area contributed by atoms with Crippen LogP contribution in [-0.4, -0.2) is 38.5 Å². The summed E-state index contributed by atoms with van der Waals surface area (Å²) in [4.78, 5) is 56.6. The molecule has 14 heteroatoms. The van der Waals surface area contributed by atoms with Gasteiger partial charge in [-0.05, 0) is 60.0 Å². The Balaban J connectivity index is 1.38. The third kappa shape index (κ3) is 9.46. The van der Waals surface area contributed by atoms with Gasteiger partial charge in [0.05, 0.1) is 22.3 Å². The Labute approximate surface area is 312 Å². The van der Waals surface area contributed by atoms with Crippen molar-refractivity contribution in [3.05, 3.63) is 178 Å². The van der Waals surface area contributed by atoms with Crippen LogP contribution < -0.4 is 10.1 Å². The average molecular weight is 753 g/mol. The van der Waals surface area contributed by atoms with E-state index in [9.17, 15) is 37.7 Å². The molecule has 0 fully saturated rings. The molecule has 274 valence electrons. The number of nitro benzene ring substituents is 1. The molecule has 3 amide bonds. The number of carbonyl (C=O) groups is 3. The molecule has 1 N–H and O–H groups in total. The number of benzene rings is 4. The molecule has 0 aromatic heterocycles. The average Bonchev–Trinajstić information content (AvgIpc) is 3.16. The van der Waals surface area contributed by atoms with Gasteiger partial charge in [-0.2, -0.15) is 18.2 Å². The van der Waals surface area contributed by atoms with E-state index in [2.05, 4.69) is 16.9 Å². The van der Waals surface area contributed by atoms with E-state index in [1.807, 2.05) is 60.7 Å².